The van der Waals surface area contributed by atoms with Gasteiger partial charge in [0.05, 0.1) is 59.8 Å². The lowest BCUT2D eigenvalue weighted by Crippen LogP contribution is -2.34. The van der Waals surface area contributed by atoms with Crippen LogP contribution in [-0.2, 0) is 9.53 Å². The van der Waals surface area contributed by atoms with Gasteiger partial charge in [0.1, 0.15) is 12.0 Å². The van der Waals surface area contributed by atoms with Gasteiger partial charge in [0.2, 0.25) is 0 Å². The van der Waals surface area contributed by atoms with Gasteiger partial charge >= 0.3 is 5.97 Å². The van der Waals surface area contributed by atoms with E-state index in [2.05, 4.69) is 9.97 Å². The van der Waals surface area contributed by atoms with Crippen molar-refractivity contribution in [3.8, 4) is 5.69 Å². The van der Waals surface area contributed by atoms with Crippen LogP contribution in [0.25, 0.3) is 16.6 Å². The van der Waals surface area contributed by atoms with Gasteiger partial charge in [-0.1, -0.05) is 23.2 Å². The Hall–Kier alpha value is -2.42. The molecule has 0 radical (unpaired) electrons. The molecule has 2 atom stereocenters. The van der Waals surface area contributed by atoms with E-state index in [1.54, 1.807) is 24.8 Å². The molecule has 1 aliphatic rings. The molecule has 1 aliphatic heterocycles. The molecule has 3 aromatic rings. The van der Waals surface area contributed by atoms with Crippen LogP contribution in [-0.4, -0.2) is 57.6 Å². The first-order valence-electron chi connectivity index (χ1n) is 9.41. The second kappa shape index (κ2) is 8.75. The molecule has 1 saturated heterocycles. The Balaban J connectivity index is 1.72. The zero-order chi connectivity index (χ0) is 21.3. The molecule has 7 nitrogen and oxygen atoms in total. The summed E-state index contributed by atoms with van der Waals surface area (Å²) in [6.07, 6.45) is 4.26. The largest absolute Gasteiger partial charge is 0.481 e. The molecular formula is C20H19Cl2FN4O3. The SMILES string of the molecule is O=C(O)CCOC[C@@H]1C[C@H](F)CN1c1cc(-n2ccnc2)c2ccc(Cl)c(Cl)c2n1. The van der Waals surface area contributed by atoms with Crippen molar-refractivity contribution in [1.29, 1.82) is 0 Å². The van der Waals surface area contributed by atoms with E-state index in [0.717, 1.165) is 11.1 Å². The number of halogens is 3. The van der Waals surface area contributed by atoms with Crippen LogP contribution in [0.5, 0.6) is 0 Å². The number of carboxylic acids is 1. The van der Waals surface area contributed by atoms with E-state index in [-0.39, 0.29) is 38.6 Å². The lowest BCUT2D eigenvalue weighted by molar-refractivity contribution is -0.138. The number of benzene rings is 1. The van der Waals surface area contributed by atoms with Crippen LogP contribution in [0.2, 0.25) is 10.0 Å². The summed E-state index contributed by atoms with van der Waals surface area (Å²) in [4.78, 5) is 21.3. The molecule has 158 valence electrons. The average Bonchev–Trinajstić information content (AvgIpc) is 3.37. The van der Waals surface area contributed by atoms with Crippen molar-refractivity contribution < 1.29 is 19.0 Å². The molecule has 0 aliphatic carbocycles. The predicted octanol–water partition coefficient (Wildman–Crippen LogP) is 4.14. The molecule has 0 saturated carbocycles. The maximum absolute atomic E-state index is 14.3. The number of imidazole rings is 1. The van der Waals surface area contributed by atoms with Crippen LogP contribution in [0.15, 0.2) is 36.9 Å². The molecule has 0 spiro atoms. The first-order valence-corrected chi connectivity index (χ1v) is 10.2. The fourth-order valence-corrected chi connectivity index (χ4v) is 4.00. The lowest BCUT2D eigenvalue weighted by atomic mass is 10.1. The highest BCUT2D eigenvalue weighted by Gasteiger charge is 2.34. The van der Waals surface area contributed by atoms with E-state index in [1.165, 1.54) is 0 Å². The highest BCUT2D eigenvalue weighted by Crippen LogP contribution is 2.36. The van der Waals surface area contributed by atoms with Crippen LogP contribution >= 0.6 is 23.2 Å². The first-order chi connectivity index (χ1) is 14.4. The first kappa shape index (κ1) is 20.8. The zero-order valence-corrected chi connectivity index (χ0v) is 17.4. The average molecular weight is 453 g/mol. The van der Waals surface area contributed by atoms with Crippen molar-refractivity contribution in [2.45, 2.75) is 25.1 Å². The van der Waals surface area contributed by atoms with Crippen LogP contribution in [0.3, 0.4) is 0 Å². The number of aromatic nitrogens is 3. The lowest BCUT2D eigenvalue weighted by Gasteiger charge is -2.26. The summed E-state index contributed by atoms with van der Waals surface area (Å²) in [7, 11) is 0. The molecule has 0 unspecified atom stereocenters. The van der Waals surface area contributed by atoms with E-state index < -0.39 is 12.1 Å². The second-order valence-corrected chi connectivity index (χ2v) is 7.87. The van der Waals surface area contributed by atoms with Crippen molar-refractivity contribution in [2.75, 3.05) is 24.7 Å². The highest BCUT2D eigenvalue weighted by molar-refractivity contribution is 6.45. The van der Waals surface area contributed by atoms with Gasteiger partial charge in [0.15, 0.2) is 0 Å². The third-order valence-corrected chi connectivity index (χ3v) is 5.84. The molecule has 1 N–H and O–H groups in total. The van der Waals surface area contributed by atoms with Gasteiger partial charge in [-0.25, -0.2) is 14.4 Å². The van der Waals surface area contributed by atoms with Crippen molar-refractivity contribution >= 4 is 45.9 Å². The summed E-state index contributed by atoms with van der Waals surface area (Å²) in [5, 5.41) is 10.2. The molecular weight excluding hydrogens is 434 g/mol. The summed E-state index contributed by atoms with van der Waals surface area (Å²) < 4.78 is 21.6. The van der Waals surface area contributed by atoms with Gasteiger partial charge in [0.25, 0.3) is 0 Å². The van der Waals surface area contributed by atoms with Gasteiger partial charge in [-0.2, -0.15) is 0 Å². The molecule has 0 bridgehead atoms. The Bertz CT molecular complexity index is 1060. The number of carbonyl (C=O) groups is 1. The van der Waals surface area contributed by atoms with E-state index in [1.807, 2.05) is 21.6 Å². The predicted molar refractivity (Wildman–Crippen MR) is 113 cm³/mol. The van der Waals surface area contributed by atoms with Crippen LogP contribution < -0.4 is 4.90 Å². The van der Waals surface area contributed by atoms with Crippen molar-refractivity contribution in [2.24, 2.45) is 0 Å². The van der Waals surface area contributed by atoms with Gasteiger partial charge in [-0.15, -0.1) is 0 Å². The number of nitrogens with zero attached hydrogens (tertiary/aromatic N) is 4. The Kier molecular flexibility index (Phi) is 6.08. The number of alkyl halides is 1. The number of hydrogen-bond donors (Lipinski definition) is 1. The van der Waals surface area contributed by atoms with Gasteiger partial charge in [-0.05, 0) is 12.1 Å². The quantitative estimate of drug-likeness (QED) is 0.542. The summed E-state index contributed by atoms with van der Waals surface area (Å²) in [6, 6.07) is 5.13. The molecule has 0 amide bonds. The van der Waals surface area contributed by atoms with Crippen molar-refractivity contribution in [3.05, 3.63) is 47.0 Å². The monoisotopic (exact) mass is 452 g/mol. The fraction of sp³-hybridized carbons (Fsp3) is 0.350. The summed E-state index contributed by atoms with van der Waals surface area (Å²) in [6.45, 7) is 0.438. The molecule has 30 heavy (non-hydrogen) atoms. The number of carboxylic acid groups (broad SMARTS) is 1. The molecule has 4 rings (SSSR count). The minimum absolute atomic E-state index is 0.0729. The number of aliphatic carboxylic acids is 1. The Morgan fingerprint density at radius 1 is 1.37 bits per heavy atom. The van der Waals surface area contributed by atoms with Crippen molar-refractivity contribution in [1.82, 2.24) is 14.5 Å². The number of fused-ring (bicyclic) bond motifs is 1. The van der Waals surface area contributed by atoms with E-state index in [9.17, 15) is 9.18 Å². The summed E-state index contributed by atoms with van der Waals surface area (Å²) in [5.74, 6) is -0.392. The van der Waals surface area contributed by atoms with Gasteiger partial charge in [0, 0.05) is 30.3 Å². The molecule has 3 heterocycles. The smallest absolute Gasteiger partial charge is 0.305 e. The van der Waals surface area contributed by atoms with E-state index >= 15 is 0 Å². The molecule has 1 fully saturated rings. The van der Waals surface area contributed by atoms with E-state index in [4.69, 9.17) is 33.0 Å². The van der Waals surface area contributed by atoms with Crippen molar-refractivity contribution in [3.63, 3.8) is 0 Å². The number of pyridine rings is 1. The Morgan fingerprint density at radius 3 is 2.93 bits per heavy atom. The fourth-order valence-electron chi connectivity index (χ4n) is 3.64. The standard InChI is InChI=1S/C20H19Cl2FN4O3/c21-15-2-1-14-16(26-5-4-24-11-26)8-17(25-20(14)19(15)22)27-9-12(23)7-13(27)10-30-6-3-18(28)29/h1-2,4-5,8,11-13H,3,6-7,9-10H2,(H,28,29)/t12-,13-/m0/s1. The third kappa shape index (κ3) is 4.21. The van der Waals surface area contributed by atoms with Gasteiger partial charge in [-0.3, -0.25) is 4.79 Å². The minimum Gasteiger partial charge on any atom is -0.481 e. The molecule has 2 aromatic heterocycles. The number of ether oxygens (including phenoxy) is 1. The summed E-state index contributed by atoms with van der Waals surface area (Å²) in [5.41, 5.74) is 1.30. The summed E-state index contributed by atoms with van der Waals surface area (Å²) >= 11 is 12.6. The van der Waals surface area contributed by atoms with E-state index in [0.29, 0.717) is 21.4 Å². The van der Waals surface area contributed by atoms with Crippen LogP contribution in [0.1, 0.15) is 12.8 Å². The number of hydrogen-bond acceptors (Lipinski definition) is 5. The highest BCUT2D eigenvalue weighted by atomic mass is 35.5. The molecule has 1 aromatic carbocycles. The number of anilines is 1. The Labute approximate surface area is 182 Å². The Morgan fingerprint density at radius 2 is 2.20 bits per heavy atom. The zero-order valence-electron chi connectivity index (χ0n) is 15.8. The van der Waals surface area contributed by atoms with Crippen LogP contribution in [0.4, 0.5) is 10.2 Å². The van der Waals surface area contributed by atoms with Gasteiger partial charge < -0.3 is 19.3 Å². The third-order valence-electron chi connectivity index (χ3n) is 5.05. The minimum atomic E-state index is -1.04. The topological polar surface area (TPSA) is 80.5 Å². The molecule has 10 heteroatoms. The maximum atomic E-state index is 14.3. The normalized spacial score (nSPS) is 19.0. The second-order valence-electron chi connectivity index (χ2n) is 7.08. The maximum Gasteiger partial charge on any atom is 0.305 e. The number of rotatable bonds is 7. The van der Waals surface area contributed by atoms with Crippen LogP contribution in [0, 0.1) is 0 Å².